The monoisotopic (exact) mass is 288 g/mol. The van der Waals surface area contributed by atoms with Crippen LogP contribution < -0.4 is 0 Å². The summed E-state index contributed by atoms with van der Waals surface area (Å²) in [6.45, 7) is 5.66. The summed E-state index contributed by atoms with van der Waals surface area (Å²) < 4.78 is 13.4. The third-order valence-electron chi connectivity index (χ3n) is 5.07. The van der Waals surface area contributed by atoms with Crippen molar-refractivity contribution in [3.8, 4) is 0 Å². The molecule has 3 rings (SSSR count). The van der Waals surface area contributed by atoms with Crippen molar-refractivity contribution in [2.45, 2.75) is 58.0 Å². The molecule has 2 aromatic rings. The molecule has 21 heavy (non-hydrogen) atoms. The molecule has 0 bridgehead atoms. The lowest BCUT2D eigenvalue weighted by molar-refractivity contribution is 0.0862. The van der Waals surface area contributed by atoms with E-state index in [9.17, 15) is 4.39 Å². The van der Waals surface area contributed by atoms with Gasteiger partial charge in [-0.05, 0) is 56.4 Å². The molecule has 0 saturated heterocycles. The second kappa shape index (κ2) is 6.18. The highest BCUT2D eigenvalue weighted by Crippen LogP contribution is 2.28. The predicted octanol–water partition coefficient (Wildman–Crippen LogP) is 4.50. The number of halogens is 1. The molecule has 3 heteroatoms. The number of aromatic nitrogens is 1. The highest BCUT2D eigenvalue weighted by atomic mass is 19.1. The number of rotatable bonds is 6. The lowest BCUT2D eigenvalue weighted by atomic mass is 9.89. The standard InChI is InChI=1S/C18H25FN2/c1-3-13(2)21(16-5-4-6-16)10-9-14-12-20-18-8-7-15(19)11-17(14)18/h7-8,11-13,16,20H,3-6,9-10H2,1-2H3. The van der Waals surface area contributed by atoms with E-state index in [1.165, 1.54) is 37.3 Å². The van der Waals surface area contributed by atoms with Gasteiger partial charge in [-0.2, -0.15) is 0 Å². The number of hydrogen-bond donors (Lipinski definition) is 1. The number of benzene rings is 1. The molecule has 114 valence electrons. The van der Waals surface area contributed by atoms with E-state index in [0.29, 0.717) is 6.04 Å². The molecule has 1 saturated carbocycles. The molecule has 1 aromatic carbocycles. The zero-order valence-corrected chi connectivity index (χ0v) is 13.0. The molecule has 1 aromatic heterocycles. The van der Waals surface area contributed by atoms with Crippen LogP contribution in [0, 0.1) is 5.82 Å². The highest BCUT2D eigenvalue weighted by molar-refractivity contribution is 5.83. The minimum atomic E-state index is -0.152. The van der Waals surface area contributed by atoms with Gasteiger partial charge in [0.05, 0.1) is 0 Å². The summed E-state index contributed by atoms with van der Waals surface area (Å²) in [6, 6.07) is 6.40. The Hall–Kier alpha value is -1.35. The third-order valence-corrected chi connectivity index (χ3v) is 5.07. The smallest absolute Gasteiger partial charge is 0.123 e. The number of H-pyrrole nitrogens is 1. The highest BCUT2D eigenvalue weighted by Gasteiger charge is 2.27. The molecule has 1 fully saturated rings. The molecule has 1 aliphatic rings. The molecule has 1 heterocycles. The minimum Gasteiger partial charge on any atom is -0.361 e. The first-order chi connectivity index (χ1) is 10.2. The van der Waals surface area contributed by atoms with Crippen LogP contribution in [0.4, 0.5) is 4.39 Å². The SMILES string of the molecule is CCC(C)N(CCc1c[nH]c2ccc(F)cc12)C1CCC1. The van der Waals surface area contributed by atoms with Crippen molar-refractivity contribution < 1.29 is 4.39 Å². The van der Waals surface area contributed by atoms with Crippen molar-refractivity contribution in [1.82, 2.24) is 9.88 Å². The van der Waals surface area contributed by atoms with E-state index in [4.69, 9.17) is 0 Å². The maximum absolute atomic E-state index is 13.4. The van der Waals surface area contributed by atoms with E-state index in [1.807, 2.05) is 12.3 Å². The van der Waals surface area contributed by atoms with Gasteiger partial charge in [0.1, 0.15) is 5.82 Å². The maximum Gasteiger partial charge on any atom is 0.123 e. The van der Waals surface area contributed by atoms with Crippen molar-refractivity contribution >= 4 is 10.9 Å². The van der Waals surface area contributed by atoms with Crippen LogP contribution in [0.1, 0.15) is 45.1 Å². The van der Waals surface area contributed by atoms with Gasteiger partial charge in [0.2, 0.25) is 0 Å². The largest absolute Gasteiger partial charge is 0.361 e. The summed E-state index contributed by atoms with van der Waals surface area (Å²) in [5.74, 6) is -0.152. The van der Waals surface area contributed by atoms with Crippen molar-refractivity contribution in [2.24, 2.45) is 0 Å². The summed E-state index contributed by atoms with van der Waals surface area (Å²) in [4.78, 5) is 5.91. The summed E-state index contributed by atoms with van der Waals surface area (Å²) in [6.07, 6.45) is 8.28. The Bertz CT molecular complexity index is 596. The molecular weight excluding hydrogens is 263 g/mol. The lowest BCUT2D eigenvalue weighted by Gasteiger charge is -2.41. The van der Waals surface area contributed by atoms with Crippen LogP contribution >= 0.6 is 0 Å². The fraction of sp³-hybridized carbons (Fsp3) is 0.556. The first-order valence-electron chi connectivity index (χ1n) is 8.20. The molecule has 0 aliphatic heterocycles. The van der Waals surface area contributed by atoms with Crippen molar-refractivity contribution in [2.75, 3.05) is 6.54 Å². The predicted molar refractivity (Wildman–Crippen MR) is 86.1 cm³/mol. The van der Waals surface area contributed by atoms with E-state index < -0.39 is 0 Å². The van der Waals surface area contributed by atoms with Gasteiger partial charge in [0, 0.05) is 35.7 Å². The van der Waals surface area contributed by atoms with E-state index in [0.717, 1.165) is 29.9 Å². The Balaban J connectivity index is 1.73. The van der Waals surface area contributed by atoms with Crippen LogP contribution in [0.5, 0.6) is 0 Å². The second-order valence-corrected chi connectivity index (χ2v) is 6.33. The Morgan fingerprint density at radius 2 is 2.19 bits per heavy atom. The van der Waals surface area contributed by atoms with Gasteiger partial charge in [-0.25, -0.2) is 4.39 Å². The number of nitrogens with one attached hydrogen (secondary N) is 1. The zero-order chi connectivity index (χ0) is 14.8. The Kier molecular flexibility index (Phi) is 4.29. The molecule has 2 nitrogen and oxygen atoms in total. The van der Waals surface area contributed by atoms with Crippen molar-refractivity contribution in [3.05, 3.63) is 35.8 Å². The lowest BCUT2D eigenvalue weighted by Crippen LogP contribution is -2.46. The molecular formula is C18H25FN2. The average Bonchev–Trinajstić information content (AvgIpc) is 2.82. The van der Waals surface area contributed by atoms with Gasteiger partial charge in [0.25, 0.3) is 0 Å². The second-order valence-electron chi connectivity index (χ2n) is 6.33. The van der Waals surface area contributed by atoms with Gasteiger partial charge in [-0.1, -0.05) is 13.3 Å². The van der Waals surface area contributed by atoms with Crippen LogP contribution in [0.15, 0.2) is 24.4 Å². The van der Waals surface area contributed by atoms with Crippen LogP contribution in [0.25, 0.3) is 10.9 Å². The molecule has 0 spiro atoms. The van der Waals surface area contributed by atoms with E-state index in [2.05, 4.69) is 23.7 Å². The molecule has 1 N–H and O–H groups in total. The first-order valence-corrected chi connectivity index (χ1v) is 8.20. The van der Waals surface area contributed by atoms with Crippen LogP contribution in [0.3, 0.4) is 0 Å². The van der Waals surface area contributed by atoms with Crippen molar-refractivity contribution in [1.29, 1.82) is 0 Å². The van der Waals surface area contributed by atoms with Gasteiger partial charge >= 0.3 is 0 Å². The van der Waals surface area contributed by atoms with Crippen LogP contribution in [-0.2, 0) is 6.42 Å². The Labute approximate surface area is 126 Å². The summed E-state index contributed by atoms with van der Waals surface area (Å²) in [5.41, 5.74) is 2.27. The fourth-order valence-corrected chi connectivity index (χ4v) is 3.32. The number of hydrogen-bond acceptors (Lipinski definition) is 1. The number of aromatic amines is 1. The van der Waals surface area contributed by atoms with Crippen LogP contribution in [0.2, 0.25) is 0 Å². The van der Waals surface area contributed by atoms with Gasteiger partial charge < -0.3 is 4.98 Å². The molecule has 1 unspecified atom stereocenters. The third kappa shape index (κ3) is 2.98. The Morgan fingerprint density at radius 3 is 2.86 bits per heavy atom. The van der Waals surface area contributed by atoms with Crippen LogP contribution in [-0.4, -0.2) is 28.5 Å². The maximum atomic E-state index is 13.4. The fourth-order valence-electron chi connectivity index (χ4n) is 3.32. The first kappa shape index (κ1) is 14.6. The molecule has 1 aliphatic carbocycles. The van der Waals surface area contributed by atoms with Gasteiger partial charge in [0.15, 0.2) is 0 Å². The van der Waals surface area contributed by atoms with Gasteiger partial charge in [-0.3, -0.25) is 4.90 Å². The van der Waals surface area contributed by atoms with E-state index in [1.54, 1.807) is 6.07 Å². The number of fused-ring (bicyclic) bond motifs is 1. The topological polar surface area (TPSA) is 19.0 Å². The van der Waals surface area contributed by atoms with Gasteiger partial charge in [-0.15, -0.1) is 0 Å². The normalized spacial score (nSPS) is 17.3. The summed E-state index contributed by atoms with van der Waals surface area (Å²) in [5, 5.41) is 1.03. The molecule has 0 radical (unpaired) electrons. The molecule has 1 atom stereocenters. The van der Waals surface area contributed by atoms with E-state index in [-0.39, 0.29) is 5.82 Å². The average molecular weight is 288 g/mol. The van der Waals surface area contributed by atoms with Crippen molar-refractivity contribution in [3.63, 3.8) is 0 Å². The zero-order valence-electron chi connectivity index (χ0n) is 13.0. The minimum absolute atomic E-state index is 0.152. The summed E-state index contributed by atoms with van der Waals surface area (Å²) >= 11 is 0. The number of nitrogens with zero attached hydrogens (tertiary/aromatic N) is 1. The summed E-state index contributed by atoms with van der Waals surface area (Å²) in [7, 11) is 0. The quantitative estimate of drug-likeness (QED) is 0.829. The van der Waals surface area contributed by atoms with E-state index >= 15 is 0 Å². The Morgan fingerprint density at radius 1 is 1.38 bits per heavy atom. The molecule has 0 amide bonds.